The van der Waals surface area contributed by atoms with E-state index in [0.29, 0.717) is 20.5 Å². The molecule has 7 heteroatoms. The Balaban J connectivity index is 2.03. The maximum absolute atomic E-state index is 11.8. The van der Waals surface area contributed by atoms with Crippen LogP contribution in [0.25, 0.3) is 0 Å². The first-order valence-electron chi connectivity index (χ1n) is 5.10. The number of rotatable bonds is 3. The van der Waals surface area contributed by atoms with Gasteiger partial charge in [0.05, 0.1) is 16.3 Å². The highest BCUT2D eigenvalue weighted by atomic mass is 79.9. The predicted molar refractivity (Wildman–Crippen MR) is 83.3 cm³/mol. The summed E-state index contributed by atoms with van der Waals surface area (Å²) in [6.45, 7) is 0. The van der Waals surface area contributed by atoms with Crippen LogP contribution in [-0.4, -0.2) is 12.1 Å². The van der Waals surface area contributed by atoms with Crippen molar-refractivity contribution in [3.05, 3.63) is 55.3 Å². The molecule has 0 fully saturated rings. The Labute approximate surface area is 134 Å². The Morgan fingerprint density at radius 1 is 1.21 bits per heavy atom. The summed E-state index contributed by atoms with van der Waals surface area (Å²) in [5, 5.41) is 3.83. The standard InChI is InChI=1S/C12H7Br3N2O2/c13-9-4-2-1-3-8(9)12(18)17-16-6-7-5-10(14)11(15)19-7/h1-6H,(H,17,18)/b16-6+. The maximum Gasteiger partial charge on any atom is 0.272 e. The van der Waals surface area contributed by atoms with Crippen LogP contribution in [-0.2, 0) is 0 Å². The van der Waals surface area contributed by atoms with E-state index in [1.54, 1.807) is 24.3 Å². The summed E-state index contributed by atoms with van der Waals surface area (Å²) in [6, 6.07) is 8.85. The summed E-state index contributed by atoms with van der Waals surface area (Å²) in [5.74, 6) is 0.222. The number of halogens is 3. The lowest BCUT2D eigenvalue weighted by atomic mass is 10.2. The van der Waals surface area contributed by atoms with Crippen molar-refractivity contribution in [2.75, 3.05) is 0 Å². The van der Waals surface area contributed by atoms with Crippen molar-refractivity contribution in [2.45, 2.75) is 0 Å². The zero-order chi connectivity index (χ0) is 13.8. The van der Waals surface area contributed by atoms with Crippen LogP contribution >= 0.6 is 47.8 Å². The van der Waals surface area contributed by atoms with E-state index in [0.717, 1.165) is 4.47 Å². The van der Waals surface area contributed by atoms with Crippen LogP contribution in [0.4, 0.5) is 0 Å². The molecule has 4 nitrogen and oxygen atoms in total. The summed E-state index contributed by atoms with van der Waals surface area (Å²) in [7, 11) is 0. The molecule has 0 atom stereocenters. The Kier molecular flexibility index (Phi) is 4.95. The fourth-order valence-corrected chi connectivity index (χ4v) is 2.36. The third kappa shape index (κ3) is 3.77. The predicted octanol–water partition coefficient (Wildman–Crippen LogP) is 4.33. The molecule has 2 aromatic rings. The second-order valence-corrected chi connectivity index (χ2v) is 5.88. The van der Waals surface area contributed by atoms with Gasteiger partial charge in [-0.05, 0) is 59.9 Å². The quantitative estimate of drug-likeness (QED) is 0.559. The van der Waals surface area contributed by atoms with Gasteiger partial charge in [-0.1, -0.05) is 12.1 Å². The minimum Gasteiger partial charge on any atom is -0.447 e. The first-order chi connectivity index (χ1) is 9.08. The molecule has 0 aliphatic heterocycles. The number of amides is 1. The summed E-state index contributed by atoms with van der Waals surface area (Å²) in [4.78, 5) is 11.8. The Morgan fingerprint density at radius 2 is 1.95 bits per heavy atom. The maximum atomic E-state index is 11.8. The molecule has 1 N–H and O–H groups in total. The third-order valence-electron chi connectivity index (χ3n) is 2.14. The van der Waals surface area contributed by atoms with Gasteiger partial charge in [-0.3, -0.25) is 4.79 Å². The van der Waals surface area contributed by atoms with Gasteiger partial charge >= 0.3 is 0 Å². The lowest BCUT2D eigenvalue weighted by molar-refractivity contribution is 0.0954. The van der Waals surface area contributed by atoms with Gasteiger partial charge in [-0.2, -0.15) is 5.10 Å². The van der Waals surface area contributed by atoms with Gasteiger partial charge in [0.15, 0.2) is 4.67 Å². The summed E-state index contributed by atoms with van der Waals surface area (Å²) in [5.41, 5.74) is 2.94. The van der Waals surface area contributed by atoms with Crippen molar-refractivity contribution in [3.8, 4) is 0 Å². The van der Waals surface area contributed by atoms with Gasteiger partial charge in [0.25, 0.3) is 5.91 Å². The Morgan fingerprint density at radius 3 is 2.58 bits per heavy atom. The van der Waals surface area contributed by atoms with Crippen molar-refractivity contribution >= 4 is 59.9 Å². The Bertz CT molecular complexity index is 618. The normalized spacial score (nSPS) is 10.9. The number of benzene rings is 1. The summed E-state index contributed by atoms with van der Waals surface area (Å²) < 4.78 is 7.36. The van der Waals surface area contributed by atoms with Crippen molar-refractivity contribution in [1.82, 2.24) is 5.43 Å². The minimum absolute atomic E-state index is 0.298. The van der Waals surface area contributed by atoms with Gasteiger partial charge in [-0.15, -0.1) is 0 Å². The van der Waals surface area contributed by atoms with Crippen molar-refractivity contribution < 1.29 is 9.21 Å². The van der Waals surface area contributed by atoms with Crippen LogP contribution < -0.4 is 5.43 Å². The molecule has 98 valence electrons. The SMILES string of the molecule is O=C(N/N=C/c1cc(Br)c(Br)o1)c1ccccc1Br. The van der Waals surface area contributed by atoms with Crippen molar-refractivity contribution in [2.24, 2.45) is 5.10 Å². The van der Waals surface area contributed by atoms with E-state index < -0.39 is 0 Å². The van der Waals surface area contributed by atoms with E-state index in [2.05, 4.69) is 58.3 Å². The molecule has 0 aliphatic rings. The lowest BCUT2D eigenvalue weighted by Gasteiger charge is -2.01. The number of hydrazone groups is 1. The second kappa shape index (κ2) is 6.49. The monoisotopic (exact) mass is 448 g/mol. The fraction of sp³-hybridized carbons (Fsp3) is 0. The molecule has 2 rings (SSSR count). The first kappa shape index (κ1) is 14.5. The number of furan rings is 1. The van der Waals surface area contributed by atoms with E-state index in [4.69, 9.17) is 4.42 Å². The van der Waals surface area contributed by atoms with Crippen LogP contribution in [0.5, 0.6) is 0 Å². The highest BCUT2D eigenvalue weighted by Gasteiger charge is 2.08. The molecule has 1 aromatic heterocycles. The van der Waals surface area contributed by atoms with Gasteiger partial charge in [0.2, 0.25) is 0 Å². The fourth-order valence-electron chi connectivity index (χ4n) is 1.29. The molecule has 0 radical (unpaired) electrons. The van der Waals surface area contributed by atoms with Crippen LogP contribution in [0.3, 0.4) is 0 Å². The van der Waals surface area contributed by atoms with Crippen molar-refractivity contribution in [1.29, 1.82) is 0 Å². The Hall–Kier alpha value is -0.920. The van der Waals surface area contributed by atoms with E-state index in [9.17, 15) is 4.79 Å². The van der Waals surface area contributed by atoms with Crippen molar-refractivity contribution in [3.63, 3.8) is 0 Å². The minimum atomic E-state index is -0.298. The average molecular weight is 451 g/mol. The molecule has 0 saturated heterocycles. The van der Waals surface area contributed by atoms with Gasteiger partial charge < -0.3 is 4.42 Å². The van der Waals surface area contributed by atoms with Crippen LogP contribution in [0.1, 0.15) is 16.1 Å². The van der Waals surface area contributed by atoms with Crippen LogP contribution in [0.2, 0.25) is 0 Å². The van der Waals surface area contributed by atoms with Crippen LogP contribution in [0, 0.1) is 0 Å². The van der Waals surface area contributed by atoms with E-state index in [1.165, 1.54) is 6.21 Å². The molecule has 1 amide bonds. The summed E-state index contributed by atoms with van der Waals surface area (Å²) in [6.07, 6.45) is 1.42. The van der Waals surface area contributed by atoms with E-state index >= 15 is 0 Å². The molecule has 0 bridgehead atoms. The molecule has 19 heavy (non-hydrogen) atoms. The molecule has 1 heterocycles. The molecule has 0 saturated carbocycles. The largest absolute Gasteiger partial charge is 0.447 e. The summed E-state index contributed by atoms with van der Waals surface area (Å²) >= 11 is 9.80. The molecular formula is C12H7Br3N2O2. The highest BCUT2D eigenvalue weighted by Crippen LogP contribution is 2.25. The average Bonchev–Trinajstić information content (AvgIpc) is 2.69. The third-order valence-corrected chi connectivity index (χ3v) is 4.54. The number of carbonyl (C=O) groups is 1. The highest BCUT2D eigenvalue weighted by molar-refractivity contribution is 9.13. The zero-order valence-electron chi connectivity index (χ0n) is 9.36. The van der Waals surface area contributed by atoms with E-state index in [1.807, 2.05) is 6.07 Å². The number of nitrogens with zero attached hydrogens (tertiary/aromatic N) is 1. The molecule has 0 unspecified atom stereocenters. The zero-order valence-corrected chi connectivity index (χ0v) is 14.1. The van der Waals surface area contributed by atoms with Gasteiger partial charge in [0, 0.05) is 10.5 Å². The molecule has 0 spiro atoms. The van der Waals surface area contributed by atoms with Crippen LogP contribution in [0.15, 0.2) is 53.5 Å². The number of nitrogens with one attached hydrogen (secondary N) is 1. The number of carbonyl (C=O) groups excluding carboxylic acids is 1. The molecular weight excluding hydrogens is 444 g/mol. The number of hydrogen-bond acceptors (Lipinski definition) is 3. The smallest absolute Gasteiger partial charge is 0.272 e. The van der Waals surface area contributed by atoms with Gasteiger partial charge in [-0.25, -0.2) is 5.43 Å². The van der Waals surface area contributed by atoms with E-state index in [-0.39, 0.29) is 5.91 Å². The first-order valence-corrected chi connectivity index (χ1v) is 7.48. The molecule has 0 aliphatic carbocycles. The molecule has 1 aromatic carbocycles. The topological polar surface area (TPSA) is 54.6 Å². The number of hydrogen-bond donors (Lipinski definition) is 1. The second-order valence-electron chi connectivity index (χ2n) is 3.45. The van der Waals surface area contributed by atoms with Gasteiger partial charge in [0.1, 0.15) is 5.76 Å². The lowest BCUT2D eigenvalue weighted by Crippen LogP contribution is -2.17.